The van der Waals surface area contributed by atoms with Gasteiger partial charge in [0, 0.05) is 6.04 Å². The zero-order valence-electron chi connectivity index (χ0n) is 11.4. The first-order chi connectivity index (χ1) is 8.99. The van der Waals surface area contributed by atoms with Gasteiger partial charge in [-0.15, -0.1) is 0 Å². The lowest BCUT2D eigenvalue weighted by Crippen LogP contribution is -2.37. The molecule has 4 nitrogen and oxygen atoms in total. The molecule has 0 aliphatic carbocycles. The monoisotopic (exact) mass is 269 g/mol. The Hall–Kier alpha value is -1.46. The summed E-state index contributed by atoms with van der Waals surface area (Å²) in [6.07, 6.45) is -0.833. The predicted octanol–water partition coefficient (Wildman–Crippen LogP) is 1.71. The van der Waals surface area contributed by atoms with Gasteiger partial charge in [-0.25, -0.2) is 4.39 Å². The molecule has 106 valence electrons. The molecule has 2 atom stereocenters. The van der Waals surface area contributed by atoms with E-state index in [1.165, 1.54) is 19.2 Å². The maximum absolute atomic E-state index is 13.2. The van der Waals surface area contributed by atoms with Crippen LogP contribution in [0.3, 0.4) is 0 Å². The third-order valence-electron chi connectivity index (χ3n) is 2.99. The van der Waals surface area contributed by atoms with Gasteiger partial charge in [0.25, 0.3) is 0 Å². The minimum absolute atomic E-state index is 0.0575. The van der Waals surface area contributed by atoms with Crippen LogP contribution < -0.4 is 5.32 Å². The lowest BCUT2D eigenvalue weighted by atomic mass is 9.98. The number of halogens is 1. The van der Waals surface area contributed by atoms with Gasteiger partial charge in [-0.3, -0.25) is 4.79 Å². The predicted molar refractivity (Wildman–Crippen MR) is 70.2 cm³/mol. The van der Waals surface area contributed by atoms with Crippen molar-refractivity contribution >= 4 is 5.97 Å². The molecular weight excluding hydrogens is 249 g/mol. The lowest BCUT2D eigenvalue weighted by Gasteiger charge is -2.23. The number of aryl methyl sites for hydroxylation is 1. The smallest absolute Gasteiger partial charge is 0.307 e. The number of nitrogens with one attached hydrogen (secondary N) is 1. The Balaban J connectivity index is 2.88. The van der Waals surface area contributed by atoms with Crippen molar-refractivity contribution < 1.29 is 19.0 Å². The van der Waals surface area contributed by atoms with Gasteiger partial charge in [-0.05, 0) is 30.7 Å². The molecule has 1 aromatic rings. The first-order valence-electron chi connectivity index (χ1n) is 6.23. The fourth-order valence-electron chi connectivity index (χ4n) is 1.90. The number of ether oxygens (including phenoxy) is 1. The summed E-state index contributed by atoms with van der Waals surface area (Å²) in [5.41, 5.74) is 1.04. The largest absolute Gasteiger partial charge is 0.469 e. The highest BCUT2D eigenvalue weighted by molar-refractivity contribution is 5.70. The average molecular weight is 269 g/mol. The maximum Gasteiger partial charge on any atom is 0.307 e. The van der Waals surface area contributed by atoms with Crippen molar-refractivity contribution in [2.45, 2.75) is 32.4 Å². The fourth-order valence-corrected chi connectivity index (χ4v) is 1.90. The van der Waals surface area contributed by atoms with Crippen molar-refractivity contribution in [3.8, 4) is 0 Å². The van der Waals surface area contributed by atoms with E-state index < -0.39 is 18.1 Å². The summed E-state index contributed by atoms with van der Waals surface area (Å²) in [6, 6.07) is 3.97. The third-order valence-corrected chi connectivity index (χ3v) is 2.99. The van der Waals surface area contributed by atoms with Crippen LogP contribution in [0.4, 0.5) is 4.39 Å². The van der Waals surface area contributed by atoms with Crippen molar-refractivity contribution in [3.63, 3.8) is 0 Å². The molecule has 0 aliphatic rings. The van der Waals surface area contributed by atoms with E-state index in [9.17, 15) is 14.3 Å². The van der Waals surface area contributed by atoms with E-state index in [4.69, 9.17) is 0 Å². The van der Waals surface area contributed by atoms with Crippen LogP contribution >= 0.6 is 0 Å². The number of benzene rings is 1. The number of aliphatic hydroxyl groups excluding tert-OH is 1. The molecule has 0 amide bonds. The Labute approximate surface area is 112 Å². The van der Waals surface area contributed by atoms with Crippen LogP contribution in [-0.2, 0) is 9.53 Å². The number of rotatable bonds is 6. The molecule has 5 heteroatoms. The molecule has 2 N–H and O–H groups in total. The topological polar surface area (TPSA) is 58.6 Å². The number of carbonyl (C=O) groups excluding carboxylic acids is 1. The Kier molecular flexibility index (Phi) is 5.92. The average Bonchev–Trinajstić information content (AvgIpc) is 2.40. The highest BCUT2D eigenvalue weighted by atomic mass is 19.1. The van der Waals surface area contributed by atoms with E-state index in [2.05, 4.69) is 10.1 Å². The Morgan fingerprint density at radius 2 is 2.21 bits per heavy atom. The zero-order valence-corrected chi connectivity index (χ0v) is 11.4. The van der Waals surface area contributed by atoms with Gasteiger partial charge in [-0.1, -0.05) is 19.1 Å². The van der Waals surface area contributed by atoms with Crippen LogP contribution in [0.2, 0.25) is 0 Å². The minimum atomic E-state index is -0.890. The van der Waals surface area contributed by atoms with Crippen LogP contribution in [0.25, 0.3) is 0 Å². The standard InChI is InChI=1S/C14H20FNO3/c1-4-16-12(8-13(17)19-3)14(18)10-5-6-11(15)9(2)7-10/h5-7,12,14,16,18H,4,8H2,1-3H3. The van der Waals surface area contributed by atoms with Crippen LogP contribution in [0.15, 0.2) is 18.2 Å². The first-order valence-corrected chi connectivity index (χ1v) is 6.23. The lowest BCUT2D eigenvalue weighted by molar-refractivity contribution is -0.142. The molecule has 0 bridgehead atoms. The number of hydrogen-bond donors (Lipinski definition) is 2. The highest BCUT2D eigenvalue weighted by Crippen LogP contribution is 2.21. The Morgan fingerprint density at radius 1 is 1.53 bits per heavy atom. The molecule has 0 aliphatic heterocycles. The summed E-state index contributed by atoms with van der Waals surface area (Å²) in [5.74, 6) is -0.715. The number of likely N-dealkylation sites (N-methyl/N-ethyl adjacent to an activating group) is 1. The van der Waals surface area contributed by atoms with Crippen molar-refractivity contribution in [3.05, 3.63) is 35.1 Å². The highest BCUT2D eigenvalue weighted by Gasteiger charge is 2.23. The molecule has 19 heavy (non-hydrogen) atoms. The SMILES string of the molecule is CCNC(CC(=O)OC)C(O)c1ccc(F)c(C)c1. The van der Waals surface area contributed by atoms with Gasteiger partial charge in [0.2, 0.25) is 0 Å². The van der Waals surface area contributed by atoms with Crippen molar-refractivity contribution in [1.29, 1.82) is 0 Å². The van der Waals surface area contributed by atoms with Crippen LogP contribution in [-0.4, -0.2) is 30.8 Å². The summed E-state index contributed by atoms with van der Waals surface area (Å²) in [6.45, 7) is 4.12. The Morgan fingerprint density at radius 3 is 2.74 bits per heavy atom. The summed E-state index contributed by atoms with van der Waals surface area (Å²) < 4.78 is 17.8. The number of esters is 1. The van der Waals surface area contributed by atoms with Gasteiger partial charge >= 0.3 is 5.97 Å². The molecule has 1 aromatic carbocycles. The Bertz CT molecular complexity index is 437. The van der Waals surface area contributed by atoms with Crippen LogP contribution in [0.5, 0.6) is 0 Å². The van der Waals surface area contributed by atoms with E-state index in [0.29, 0.717) is 17.7 Å². The zero-order chi connectivity index (χ0) is 14.4. The van der Waals surface area contributed by atoms with Gasteiger partial charge in [0.15, 0.2) is 0 Å². The van der Waals surface area contributed by atoms with Gasteiger partial charge < -0.3 is 15.2 Å². The minimum Gasteiger partial charge on any atom is -0.469 e. The quantitative estimate of drug-likeness (QED) is 0.772. The molecule has 0 saturated heterocycles. The summed E-state index contributed by atoms with van der Waals surface area (Å²) in [7, 11) is 1.31. The van der Waals surface area contributed by atoms with E-state index in [-0.39, 0.29) is 12.2 Å². The second-order valence-electron chi connectivity index (χ2n) is 4.40. The molecule has 1 rings (SSSR count). The van der Waals surface area contributed by atoms with Crippen LogP contribution in [0.1, 0.15) is 30.6 Å². The molecule has 0 fully saturated rings. The molecule has 0 radical (unpaired) electrons. The summed E-state index contributed by atoms with van der Waals surface area (Å²) >= 11 is 0. The molecule has 0 heterocycles. The number of methoxy groups -OCH3 is 1. The number of aliphatic hydroxyl groups is 1. The van der Waals surface area contributed by atoms with E-state index in [0.717, 1.165) is 0 Å². The second kappa shape index (κ2) is 7.21. The maximum atomic E-state index is 13.2. The van der Waals surface area contributed by atoms with E-state index in [1.807, 2.05) is 6.92 Å². The molecule has 0 spiro atoms. The molecular formula is C14H20FNO3. The summed E-state index contributed by atoms with van der Waals surface area (Å²) in [4.78, 5) is 11.3. The number of hydrogen-bond acceptors (Lipinski definition) is 4. The second-order valence-corrected chi connectivity index (χ2v) is 4.40. The van der Waals surface area contributed by atoms with E-state index >= 15 is 0 Å². The van der Waals surface area contributed by atoms with Gasteiger partial charge in [0.1, 0.15) is 5.82 Å². The summed E-state index contributed by atoms with van der Waals surface area (Å²) in [5, 5.41) is 13.3. The van der Waals surface area contributed by atoms with Crippen molar-refractivity contribution in [2.75, 3.05) is 13.7 Å². The molecule has 0 aromatic heterocycles. The first kappa shape index (κ1) is 15.6. The number of carbonyl (C=O) groups is 1. The molecule has 2 unspecified atom stereocenters. The van der Waals surface area contributed by atoms with Gasteiger partial charge in [-0.2, -0.15) is 0 Å². The van der Waals surface area contributed by atoms with Crippen LogP contribution in [0, 0.1) is 12.7 Å². The third kappa shape index (κ3) is 4.29. The van der Waals surface area contributed by atoms with E-state index in [1.54, 1.807) is 13.0 Å². The molecule has 0 saturated carbocycles. The van der Waals surface area contributed by atoms with Crippen molar-refractivity contribution in [1.82, 2.24) is 5.32 Å². The van der Waals surface area contributed by atoms with Gasteiger partial charge in [0.05, 0.1) is 19.6 Å². The fraction of sp³-hybridized carbons (Fsp3) is 0.500. The van der Waals surface area contributed by atoms with Crippen molar-refractivity contribution in [2.24, 2.45) is 0 Å². The normalized spacial score (nSPS) is 13.9.